The second-order valence-corrected chi connectivity index (χ2v) is 10.0. The zero-order valence-corrected chi connectivity index (χ0v) is 21.1. The van der Waals surface area contributed by atoms with Crippen LogP contribution in [0.1, 0.15) is 17.2 Å². The molecule has 3 aliphatic heterocycles. The molecule has 0 aromatic heterocycles. The van der Waals surface area contributed by atoms with E-state index in [-0.39, 0.29) is 5.91 Å². The van der Waals surface area contributed by atoms with Gasteiger partial charge in [-0.1, -0.05) is 47.5 Å². The van der Waals surface area contributed by atoms with Crippen molar-refractivity contribution in [3.63, 3.8) is 0 Å². The van der Waals surface area contributed by atoms with Crippen LogP contribution < -0.4 is 15.0 Å². The van der Waals surface area contributed by atoms with Crippen LogP contribution >= 0.6 is 23.2 Å². The molecule has 9 heteroatoms. The first-order valence-corrected chi connectivity index (χ1v) is 12.5. The standard InChI is InChI=1S/C28H21Cl2N3O4/c1-37-21-11-8-17(30)14-20(21)31-26(34)25-23-22(24-19-5-3-2-4-15(19)12-13-32(24)25)27(35)33(28(23)36)18-9-6-16(29)7-10-18/h2-14,22-25H,1H3,(H,31,34)/t22-,23+,24-,25-/m0/s1. The molecule has 186 valence electrons. The Balaban J connectivity index is 1.44. The summed E-state index contributed by atoms with van der Waals surface area (Å²) in [7, 11) is 1.49. The molecule has 1 N–H and O–H groups in total. The van der Waals surface area contributed by atoms with E-state index in [1.165, 1.54) is 12.0 Å². The molecule has 3 heterocycles. The monoisotopic (exact) mass is 533 g/mol. The molecule has 6 rings (SSSR count). The second kappa shape index (κ2) is 8.94. The average Bonchev–Trinajstić information content (AvgIpc) is 3.37. The molecule has 0 bridgehead atoms. The number of hydrogen-bond donors (Lipinski definition) is 1. The van der Waals surface area contributed by atoms with Crippen LogP contribution in [0.25, 0.3) is 6.08 Å². The Labute approximate surface area is 223 Å². The second-order valence-electron chi connectivity index (χ2n) is 9.16. The number of amides is 3. The van der Waals surface area contributed by atoms with E-state index in [9.17, 15) is 14.4 Å². The number of rotatable bonds is 4. The Hall–Kier alpha value is -3.81. The largest absolute Gasteiger partial charge is 0.495 e. The molecule has 0 saturated carbocycles. The molecule has 3 aromatic carbocycles. The van der Waals surface area contributed by atoms with E-state index in [0.717, 1.165) is 11.1 Å². The van der Waals surface area contributed by atoms with Gasteiger partial charge in [-0.15, -0.1) is 0 Å². The third-order valence-electron chi connectivity index (χ3n) is 7.23. The van der Waals surface area contributed by atoms with E-state index in [0.29, 0.717) is 27.2 Å². The summed E-state index contributed by atoms with van der Waals surface area (Å²) < 4.78 is 5.39. The maximum Gasteiger partial charge on any atom is 0.248 e. The first kappa shape index (κ1) is 23.6. The Kier molecular flexibility index (Phi) is 5.70. The third-order valence-corrected chi connectivity index (χ3v) is 7.72. The lowest BCUT2D eigenvalue weighted by Crippen LogP contribution is -2.46. The SMILES string of the molecule is COc1ccc(Cl)cc1NC(=O)[C@@H]1[C@@H]2C(=O)N(c3ccc(Cl)cc3)C(=O)[C@@H]2[C@@H]2c3ccccc3C=CN12. The van der Waals surface area contributed by atoms with Gasteiger partial charge >= 0.3 is 0 Å². The topological polar surface area (TPSA) is 79.0 Å². The number of anilines is 2. The minimum atomic E-state index is -0.933. The van der Waals surface area contributed by atoms with E-state index in [4.69, 9.17) is 27.9 Å². The lowest BCUT2D eigenvalue weighted by molar-refractivity contribution is -0.128. The molecule has 37 heavy (non-hydrogen) atoms. The van der Waals surface area contributed by atoms with Gasteiger partial charge in [-0.25, -0.2) is 4.90 Å². The molecule has 3 aliphatic rings. The summed E-state index contributed by atoms with van der Waals surface area (Å²) in [6.45, 7) is 0. The number of nitrogens with zero attached hydrogens (tertiary/aromatic N) is 2. The highest BCUT2D eigenvalue weighted by Gasteiger charge is 2.64. The molecule has 4 atom stereocenters. The van der Waals surface area contributed by atoms with Crippen LogP contribution in [0.3, 0.4) is 0 Å². The molecule has 3 aromatic rings. The normalized spacial score (nSPS) is 23.5. The Morgan fingerprint density at radius 3 is 2.38 bits per heavy atom. The number of ether oxygens (including phenoxy) is 1. The number of hydrogen-bond acceptors (Lipinski definition) is 5. The third kappa shape index (κ3) is 3.69. The van der Waals surface area contributed by atoms with Crippen molar-refractivity contribution in [3.05, 3.63) is 94.1 Å². The van der Waals surface area contributed by atoms with Crippen LogP contribution in [0.4, 0.5) is 11.4 Å². The molecular weight excluding hydrogens is 513 g/mol. The maximum absolute atomic E-state index is 13.9. The zero-order valence-electron chi connectivity index (χ0n) is 19.6. The van der Waals surface area contributed by atoms with Gasteiger partial charge in [-0.2, -0.15) is 0 Å². The minimum Gasteiger partial charge on any atom is -0.495 e. The number of halogens is 2. The highest BCUT2D eigenvalue weighted by Crippen LogP contribution is 2.53. The van der Waals surface area contributed by atoms with Gasteiger partial charge < -0.3 is 15.0 Å². The molecule has 0 spiro atoms. The van der Waals surface area contributed by atoms with Gasteiger partial charge in [0.15, 0.2) is 0 Å². The van der Waals surface area contributed by atoms with Crippen molar-refractivity contribution in [1.82, 2.24) is 4.90 Å². The number of benzene rings is 3. The van der Waals surface area contributed by atoms with Crippen LogP contribution in [0.5, 0.6) is 5.75 Å². The molecule has 0 unspecified atom stereocenters. The summed E-state index contributed by atoms with van der Waals surface area (Å²) in [5, 5.41) is 3.80. The predicted octanol–water partition coefficient (Wildman–Crippen LogP) is 5.16. The molecular formula is C28H21Cl2N3O4. The molecule has 2 fully saturated rings. The minimum absolute atomic E-state index is 0.340. The van der Waals surface area contributed by atoms with Gasteiger partial charge in [-0.05, 0) is 59.7 Å². The van der Waals surface area contributed by atoms with Crippen molar-refractivity contribution in [2.75, 3.05) is 17.3 Å². The average molecular weight is 534 g/mol. The lowest BCUT2D eigenvalue weighted by atomic mass is 9.84. The van der Waals surface area contributed by atoms with Crippen LogP contribution in [-0.4, -0.2) is 35.8 Å². The van der Waals surface area contributed by atoms with E-state index in [2.05, 4.69) is 5.32 Å². The number of imide groups is 1. The Morgan fingerprint density at radius 1 is 0.919 bits per heavy atom. The van der Waals surface area contributed by atoms with Crippen molar-refractivity contribution in [2.24, 2.45) is 11.8 Å². The van der Waals surface area contributed by atoms with E-state index in [1.807, 2.05) is 35.2 Å². The van der Waals surface area contributed by atoms with Crippen molar-refractivity contribution in [3.8, 4) is 5.75 Å². The first-order valence-electron chi connectivity index (χ1n) is 11.7. The zero-order chi connectivity index (χ0) is 25.8. The number of nitrogens with one attached hydrogen (secondary N) is 1. The summed E-state index contributed by atoms with van der Waals surface area (Å²) in [5.74, 6) is -2.40. The van der Waals surface area contributed by atoms with Crippen molar-refractivity contribution < 1.29 is 19.1 Å². The number of carbonyl (C=O) groups is 3. The van der Waals surface area contributed by atoms with Gasteiger partial charge in [0.25, 0.3) is 0 Å². The van der Waals surface area contributed by atoms with E-state index >= 15 is 0 Å². The van der Waals surface area contributed by atoms with E-state index in [1.54, 1.807) is 48.7 Å². The van der Waals surface area contributed by atoms with Crippen molar-refractivity contribution >= 4 is 58.4 Å². The fourth-order valence-corrected chi connectivity index (χ4v) is 5.98. The highest BCUT2D eigenvalue weighted by atomic mass is 35.5. The predicted molar refractivity (Wildman–Crippen MR) is 141 cm³/mol. The summed E-state index contributed by atoms with van der Waals surface area (Å²) in [6, 6.07) is 17.7. The lowest BCUT2D eigenvalue weighted by Gasteiger charge is -2.35. The smallest absolute Gasteiger partial charge is 0.248 e. The first-order chi connectivity index (χ1) is 17.9. The summed E-state index contributed by atoms with van der Waals surface area (Å²) in [6.07, 6.45) is 3.71. The molecule has 3 amide bonds. The molecule has 2 saturated heterocycles. The molecule has 0 aliphatic carbocycles. The Bertz CT molecular complexity index is 1470. The number of methoxy groups -OCH3 is 1. The summed E-state index contributed by atoms with van der Waals surface area (Å²) >= 11 is 12.2. The van der Waals surface area contributed by atoms with Gasteiger partial charge in [0.2, 0.25) is 17.7 Å². The van der Waals surface area contributed by atoms with Gasteiger partial charge in [0.05, 0.1) is 36.4 Å². The number of carbonyl (C=O) groups excluding carboxylic acids is 3. The van der Waals surface area contributed by atoms with Crippen molar-refractivity contribution in [2.45, 2.75) is 12.1 Å². The van der Waals surface area contributed by atoms with Gasteiger partial charge in [0, 0.05) is 16.2 Å². The quantitative estimate of drug-likeness (QED) is 0.469. The van der Waals surface area contributed by atoms with E-state index < -0.39 is 35.7 Å². The van der Waals surface area contributed by atoms with Gasteiger partial charge in [-0.3, -0.25) is 14.4 Å². The van der Waals surface area contributed by atoms with Crippen LogP contribution in [0.2, 0.25) is 10.0 Å². The molecule has 0 radical (unpaired) electrons. The van der Waals surface area contributed by atoms with Gasteiger partial charge in [0.1, 0.15) is 11.8 Å². The summed E-state index contributed by atoms with van der Waals surface area (Å²) in [4.78, 5) is 44.6. The van der Waals surface area contributed by atoms with Crippen LogP contribution in [-0.2, 0) is 14.4 Å². The summed E-state index contributed by atoms with van der Waals surface area (Å²) in [5.41, 5.74) is 2.66. The van der Waals surface area contributed by atoms with Crippen LogP contribution in [0, 0.1) is 11.8 Å². The maximum atomic E-state index is 13.9. The number of fused-ring (bicyclic) bond motifs is 5. The highest BCUT2D eigenvalue weighted by molar-refractivity contribution is 6.31. The van der Waals surface area contributed by atoms with Crippen LogP contribution in [0.15, 0.2) is 72.9 Å². The fraction of sp³-hybridized carbons (Fsp3) is 0.179. The Morgan fingerprint density at radius 2 is 1.62 bits per heavy atom. The molecule has 7 nitrogen and oxygen atoms in total. The van der Waals surface area contributed by atoms with Crippen molar-refractivity contribution in [1.29, 1.82) is 0 Å². The fourth-order valence-electron chi connectivity index (χ4n) is 5.69.